The van der Waals surface area contributed by atoms with Crippen LogP contribution in [0.1, 0.15) is 19.8 Å². The van der Waals surface area contributed by atoms with Crippen molar-refractivity contribution < 1.29 is 14.3 Å². The van der Waals surface area contributed by atoms with Crippen molar-refractivity contribution in [2.45, 2.75) is 30.8 Å². The Bertz CT molecular complexity index is 692. The van der Waals surface area contributed by atoms with Gasteiger partial charge >= 0.3 is 5.97 Å². The number of hydrogen-bond donors (Lipinski definition) is 1. The highest BCUT2D eigenvalue weighted by molar-refractivity contribution is 7.99. The molecule has 0 spiro atoms. The molecule has 2 aromatic carbocycles. The number of nitrogens with one attached hydrogen (secondary N) is 1. The molecule has 6 heteroatoms. The van der Waals surface area contributed by atoms with Gasteiger partial charge in [0.05, 0.1) is 0 Å². The smallest absolute Gasteiger partial charge is 0.306 e. The molecule has 2 aromatic rings. The predicted octanol–water partition coefficient (Wildman–Crippen LogP) is 4.78. The zero-order valence-electron chi connectivity index (χ0n) is 13.9. The lowest BCUT2D eigenvalue weighted by molar-refractivity contribution is -0.153. The SMILES string of the molecule is C[C@H](OC(=O)CCCSc1ccc(Cl)cc1)C(=O)Nc1ccccc1. The van der Waals surface area contributed by atoms with E-state index < -0.39 is 6.10 Å². The van der Waals surface area contributed by atoms with Crippen LogP contribution >= 0.6 is 23.4 Å². The molecular weight excluding hydrogens is 358 g/mol. The molecule has 1 amide bonds. The van der Waals surface area contributed by atoms with E-state index in [1.54, 1.807) is 30.8 Å². The van der Waals surface area contributed by atoms with Crippen LogP contribution in [0, 0.1) is 0 Å². The summed E-state index contributed by atoms with van der Waals surface area (Å²) in [5, 5.41) is 3.41. The quantitative estimate of drug-likeness (QED) is 0.408. The first-order valence-corrected chi connectivity index (χ1v) is 9.35. The predicted molar refractivity (Wildman–Crippen MR) is 102 cm³/mol. The van der Waals surface area contributed by atoms with Crippen LogP contribution in [-0.2, 0) is 14.3 Å². The lowest BCUT2D eigenvalue weighted by Crippen LogP contribution is -2.29. The average Bonchev–Trinajstić information content (AvgIpc) is 2.61. The second kappa shape index (κ2) is 10.1. The van der Waals surface area contributed by atoms with Gasteiger partial charge < -0.3 is 10.1 Å². The van der Waals surface area contributed by atoms with Crippen molar-refractivity contribution in [1.29, 1.82) is 0 Å². The van der Waals surface area contributed by atoms with Gasteiger partial charge in [0.1, 0.15) is 0 Å². The summed E-state index contributed by atoms with van der Waals surface area (Å²) in [6, 6.07) is 16.6. The summed E-state index contributed by atoms with van der Waals surface area (Å²) in [6.45, 7) is 1.57. The molecule has 0 unspecified atom stereocenters. The molecule has 1 atom stereocenters. The maximum atomic E-state index is 12.0. The summed E-state index contributed by atoms with van der Waals surface area (Å²) in [7, 11) is 0. The highest BCUT2D eigenvalue weighted by Crippen LogP contribution is 2.21. The van der Waals surface area contributed by atoms with E-state index in [1.165, 1.54) is 0 Å². The lowest BCUT2D eigenvalue weighted by Gasteiger charge is -2.13. The van der Waals surface area contributed by atoms with Crippen molar-refractivity contribution in [3.05, 3.63) is 59.6 Å². The molecular formula is C19H20ClNO3S. The highest BCUT2D eigenvalue weighted by Gasteiger charge is 2.17. The van der Waals surface area contributed by atoms with Crippen LogP contribution in [0.3, 0.4) is 0 Å². The number of hydrogen-bond acceptors (Lipinski definition) is 4. The third-order valence-corrected chi connectivity index (χ3v) is 4.68. The molecule has 0 saturated carbocycles. The number of para-hydroxylation sites is 1. The van der Waals surface area contributed by atoms with Crippen LogP contribution < -0.4 is 5.32 Å². The second-order valence-corrected chi connectivity index (χ2v) is 7.00. The van der Waals surface area contributed by atoms with Gasteiger partial charge in [0.25, 0.3) is 5.91 Å². The number of anilines is 1. The zero-order valence-corrected chi connectivity index (χ0v) is 15.5. The Balaban J connectivity index is 1.65. The minimum Gasteiger partial charge on any atom is -0.453 e. The van der Waals surface area contributed by atoms with Crippen LogP contribution in [-0.4, -0.2) is 23.7 Å². The molecule has 0 radical (unpaired) electrons. The first-order chi connectivity index (χ1) is 12.0. The van der Waals surface area contributed by atoms with E-state index in [4.69, 9.17) is 16.3 Å². The molecule has 0 aliphatic heterocycles. The highest BCUT2D eigenvalue weighted by atomic mass is 35.5. The molecule has 0 aliphatic carbocycles. The summed E-state index contributed by atoms with van der Waals surface area (Å²) in [4.78, 5) is 24.9. The molecule has 2 rings (SSSR count). The van der Waals surface area contributed by atoms with E-state index in [-0.39, 0.29) is 18.3 Å². The lowest BCUT2D eigenvalue weighted by atomic mass is 10.3. The van der Waals surface area contributed by atoms with Crippen LogP contribution in [0.2, 0.25) is 5.02 Å². The summed E-state index contributed by atoms with van der Waals surface area (Å²) < 4.78 is 5.17. The third-order valence-electron chi connectivity index (χ3n) is 3.33. The van der Waals surface area contributed by atoms with Gasteiger partial charge in [-0.15, -0.1) is 11.8 Å². The number of esters is 1. The number of rotatable bonds is 8. The van der Waals surface area contributed by atoms with Gasteiger partial charge in [-0.05, 0) is 55.5 Å². The molecule has 0 heterocycles. The summed E-state index contributed by atoms with van der Waals surface area (Å²) >= 11 is 7.49. The summed E-state index contributed by atoms with van der Waals surface area (Å²) in [6.07, 6.45) is 0.138. The molecule has 0 aliphatic rings. The minimum absolute atomic E-state index is 0.281. The summed E-state index contributed by atoms with van der Waals surface area (Å²) in [5.74, 6) is 0.0870. The van der Waals surface area contributed by atoms with E-state index in [9.17, 15) is 9.59 Å². The fourth-order valence-electron chi connectivity index (χ4n) is 2.01. The van der Waals surface area contributed by atoms with E-state index in [1.807, 2.05) is 42.5 Å². The molecule has 0 fully saturated rings. The Hall–Kier alpha value is -1.98. The first-order valence-electron chi connectivity index (χ1n) is 7.98. The standard InChI is InChI=1S/C19H20ClNO3S/c1-14(19(23)21-16-6-3-2-4-7-16)24-18(22)8-5-13-25-17-11-9-15(20)10-12-17/h2-4,6-7,9-12,14H,5,8,13H2,1H3,(H,21,23)/t14-/m0/s1. The molecule has 132 valence electrons. The summed E-state index contributed by atoms with van der Waals surface area (Å²) in [5.41, 5.74) is 0.676. The third kappa shape index (κ3) is 7.20. The van der Waals surface area contributed by atoms with Crippen molar-refractivity contribution in [3.63, 3.8) is 0 Å². The first kappa shape index (κ1) is 19.3. The van der Waals surface area contributed by atoms with E-state index in [0.717, 1.165) is 10.6 Å². The van der Waals surface area contributed by atoms with Crippen molar-refractivity contribution >= 4 is 40.9 Å². The number of ether oxygens (including phenoxy) is 1. The zero-order chi connectivity index (χ0) is 18.1. The second-order valence-electron chi connectivity index (χ2n) is 5.39. The van der Waals surface area contributed by atoms with Crippen LogP contribution in [0.4, 0.5) is 5.69 Å². The topological polar surface area (TPSA) is 55.4 Å². The Labute approximate surface area is 156 Å². The van der Waals surface area contributed by atoms with Gasteiger partial charge in [-0.2, -0.15) is 0 Å². The van der Waals surface area contributed by atoms with Crippen molar-refractivity contribution in [2.24, 2.45) is 0 Å². The van der Waals surface area contributed by atoms with Gasteiger partial charge in [-0.25, -0.2) is 0 Å². The molecule has 4 nitrogen and oxygen atoms in total. The number of amides is 1. The van der Waals surface area contributed by atoms with Gasteiger partial charge in [-0.1, -0.05) is 29.8 Å². The van der Waals surface area contributed by atoms with Gasteiger partial charge in [0.15, 0.2) is 6.10 Å². The Morgan fingerprint density at radius 2 is 1.80 bits per heavy atom. The van der Waals surface area contributed by atoms with Gasteiger partial charge in [0.2, 0.25) is 0 Å². The maximum Gasteiger partial charge on any atom is 0.306 e. The number of thioether (sulfide) groups is 1. The molecule has 0 aromatic heterocycles. The molecule has 1 N–H and O–H groups in total. The number of carbonyl (C=O) groups excluding carboxylic acids is 2. The Kier molecular flexibility index (Phi) is 7.82. The molecule has 0 bridgehead atoms. The van der Waals surface area contributed by atoms with Gasteiger partial charge in [0, 0.05) is 22.0 Å². The Morgan fingerprint density at radius 3 is 2.48 bits per heavy atom. The minimum atomic E-state index is -0.823. The van der Waals surface area contributed by atoms with Crippen LogP contribution in [0.15, 0.2) is 59.5 Å². The largest absolute Gasteiger partial charge is 0.453 e. The molecule has 25 heavy (non-hydrogen) atoms. The van der Waals surface area contributed by atoms with Gasteiger partial charge in [-0.3, -0.25) is 9.59 Å². The fraction of sp³-hybridized carbons (Fsp3) is 0.263. The van der Waals surface area contributed by atoms with Crippen molar-refractivity contribution in [1.82, 2.24) is 0 Å². The fourth-order valence-corrected chi connectivity index (χ4v) is 2.99. The van der Waals surface area contributed by atoms with Crippen LogP contribution in [0.25, 0.3) is 0 Å². The van der Waals surface area contributed by atoms with E-state index in [2.05, 4.69) is 5.32 Å². The van der Waals surface area contributed by atoms with E-state index in [0.29, 0.717) is 17.1 Å². The number of carbonyl (C=O) groups is 2. The van der Waals surface area contributed by atoms with E-state index >= 15 is 0 Å². The average molecular weight is 378 g/mol. The normalized spacial score (nSPS) is 11.6. The number of benzene rings is 2. The Morgan fingerprint density at radius 1 is 1.12 bits per heavy atom. The van der Waals surface area contributed by atoms with Crippen LogP contribution in [0.5, 0.6) is 0 Å². The molecule has 0 saturated heterocycles. The number of halogens is 1. The van der Waals surface area contributed by atoms with Crippen molar-refractivity contribution in [2.75, 3.05) is 11.1 Å². The van der Waals surface area contributed by atoms with Crippen molar-refractivity contribution in [3.8, 4) is 0 Å². The maximum absolute atomic E-state index is 12.0. The monoisotopic (exact) mass is 377 g/mol.